The summed E-state index contributed by atoms with van der Waals surface area (Å²) in [7, 11) is 1.39. The van der Waals surface area contributed by atoms with Gasteiger partial charge < -0.3 is 9.64 Å². The minimum absolute atomic E-state index is 0.00660. The van der Waals surface area contributed by atoms with E-state index in [1.807, 2.05) is 38.1 Å². The van der Waals surface area contributed by atoms with E-state index in [0.717, 1.165) is 16.7 Å². The van der Waals surface area contributed by atoms with Gasteiger partial charge in [-0.3, -0.25) is 14.9 Å². The maximum absolute atomic E-state index is 12.7. The van der Waals surface area contributed by atoms with Crippen LogP contribution in [0.2, 0.25) is 5.02 Å². The molecule has 2 rings (SSSR count). The maximum atomic E-state index is 12.7. The Balaban J connectivity index is 2.15. The lowest BCUT2D eigenvalue weighted by atomic mass is 10.0. The van der Waals surface area contributed by atoms with Gasteiger partial charge in [0, 0.05) is 17.1 Å². The van der Waals surface area contributed by atoms with Crippen LogP contribution in [0.5, 0.6) is 0 Å². The molecule has 1 N–H and O–H groups in total. The van der Waals surface area contributed by atoms with Crippen LogP contribution in [-0.2, 0) is 20.7 Å². The minimum atomic E-state index is -0.452. The summed E-state index contributed by atoms with van der Waals surface area (Å²) >= 11 is 5.94. The Labute approximate surface area is 166 Å². The fourth-order valence-corrected chi connectivity index (χ4v) is 3.45. The third-order valence-electron chi connectivity index (χ3n) is 5.00. The number of amides is 1. The van der Waals surface area contributed by atoms with E-state index in [4.69, 9.17) is 16.3 Å². The first kappa shape index (κ1) is 21.5. The summed E-state index contributed by atoms with van der Waals surface area (Å²) in [5.41, 5.74) is 2.80. The minimum Gasteiger partial charge on any atom is -0.468 e. The van der Waals surface area contributed by atoms with Crippen LogP contribution in [0.15, 0.2) is 35.4 Å². The molecule has 0 spiro atoms. The lowest BCUT2D eigenvalue weighted by Crippen LogP contribution is -2.52. The van der Waals surface area contributed by atoms with Crippen molar-refractivity contribution in [2.45, 2.75) is 52.7 Å². The Hall–Kier alpha value is -1.85. The summed E-state index contributed by atoms with van der Waals surface area (Å²) in [6.45, 7) is 8.46. The number of hydrogen-bond donors (Lipinski definition) is 1. The quantitative estimate of drug-likeness (QED) is 0.687. The third kappa shape index (κ3) is 5.33. The van der Waals surface area contributed by atoms with Gasteiger partial charge in [-0.2, -0.15) is 0 Å². The number of ether oxygens (including phenoxy) is 1. The summed E-state index contributed by atoms with van der Waals surface area (Å²) in [6.07, 6.45) is 1.07. The van der Waals surface area contributed by atoms with Crippen molar-refractivity contribution in [3.05, 3.63) is 46.0 Å². The fourth-order valence-electron chi connectivity index (χ4n) is 3.32. The molecule has 0 saturated heterocycles. The molecular weight excluding hydrogens is 364 g/mol. The normalized spacial score (nSPS) is 18.4. The van der Waals surface area contributed by atoms with Gasteiger partial charge in [0.1, 0.15) is 12.2 Å². The lowest BCUT2D eigenvalue weighted by molar-refractivity contribution is -0.144. The molecule has 0 saturated carbocycles. The Morgan fingerprint density at radius 3 is 2.44 bits per heavy atom. The standard InChI is InChI=1S/C21H29ClN2O3/c1-13(2)12-18(21(26)27-5)23-19-14(3)15(4)20(25)24(19)11-10-16-6-8-17(22)9-7-16/h6-9,13,18-19,23H,10-12H2,1-5H3/t18-,19+/m0/s1. The molecule has 0 fully saturated rings. The van der Waals surface area contributed by atoms with E-state index in [9.17, 15) is 9.59 Å². The van der Waals surface area contributed by atoms with Crippen LogP contribution in [-0.4, -0.2) is 42.6 Å². The van der Waals surface area contributed by atoms with Crippen LogP contribution >= 0.6 is 11.6 Å². The molecule has 0 aliphatic carbocycles. The molecule has 0 radical (unpaired) electrons. The highest BCUT2D eigenvalue weighted by Crippen LogP contribution is 2.25. The van der Waals surface area contributed by atoms with E-state index >= 15 is 0 Å². The monoisotopic (exact) mass is 392 g/mol. The largest absolute Gasteiger partial charge is 0.468 e. The number of methoxy groups -OCH3 is 1. The van der Waals surface area contributed by atoms with Gasteiger partial charge in [-0.15, -0.1) is 0 Å². The number of benzene rings is 1. The molecule has 1 aromatic rings. The van der Waals surface area contributed by atoms with E-state index in [1.165, 1.54) is 7.11 Å². The van der Waals surface area contributed by atoms with Crippen molar-refractivity contribution in [3.63, 3.8) is 0 Å². The summed E-state index contributed by atoms with van der Waals surface area (Å²) in [6, 6.07) is 7.18. The van der Waals surface area contributed by atoms with Crippen molar-refractivity contribution in [2.75, 3.05) is 13.7 Å². The topological polar surface area (TPSA) is 58.6 Å². The Bertz CT molecular complexity index is 713. The zero-order valence-corrected chi connectivity index (χ0v) is 17.5. The zero-order valence-electron chi connectivity index (χ0n) is 16.7. The lowest BCUT2D eigenvalue weighted by Gasteiger charge is -2.31. The molecule has 0 aromatic heterocycles. The zero-order chi connectivity index (χ0) is 20.1. The number of carbonyl (C=O) groups excluding carboxylic acids is 2. The van der Waals surface area contributed by atoms with E-state index in [1.54, 1.807) is 4.90 Å². The van der Waals surface area contributed by atoms with E-state index < -0.39 is 6.04 Å². The number of hydrogen-bond acceptors (Lipinski definition) is 4. The third-order valence-corrected chi connectivity index (χ3v) is 5.25. The van der Waals surface area contributed by atoms with Gasteiger partial charge in [0.05, 0.1) is 7.11 Å². The number of halogens is 1. The SMILES string of the molecule is COC(=O)[C@H](CC(C)C)N[C@H]1C(C)=C(C)C(=O)N1CCc1ccc(Cl)cc1. The molecule has 0 bridgehead atoms. The van der Waals surface area contributed by atoms with Gasteiger partial charge in [-0.05, 0) is 55.9 Å². The number of nitrogens with one attached hydrogen (secondary N) is 1. The van der Waals surface area contributed by atoms with Gasteiger partial charge in [-0.25, -0.2) is 0 Å². The van der Waals surface area contributed by atoms with Crippen molar-refractivity contribution < 1.29 is 14.3 Å². The van der Waals surface area contributed by atoms with Crippen LogP contribution < -0.4 is 5.32 Å². The highest BCUT2D eigenvalue weighted by atomic mass is 35.5. The molecule has 148 valence electrons. The molecule has 5 nitrogen and oxygen atoms in total. The van der Waals surface area contributed by atoms with Crippen molar-refractivity contribution >= 4 is 23.5 Å². The van der Waals surface area contributed by atoms with E-state index in [-0.39, 0.29) is 18.0 Å². The molecule has 1 aliphatic heterocycles. The second kappa shape index (κ2) is 9.38. The van der Waals surface area contributed by atoms with E-state index in [0.29, 0.717) is 30.3 Å². The number of nitrogens with zero attached hydrogens (tertiary/aromatic N) is 1. The first-order chi connectivity index (χ1) is 12.7. The number of carbonyl (C=O) groups is 2. The van der Waals surface area contributed by atoms with Crippen LogP contribution in [0.4, 0.5) is 0 Å². The van der Waals surface area contributed by atoms with Crippen LogP contribution in [0.3, 0.4) is 0 Å². The smallest absolute Gasteiger partial charge is 0.322 e. The number of rotatable bonds is 8. The molecule has 27 heavy (non-hydrogen) atoms. The Kier molecular flexibility index (Phi) is 7.45. The fraction of sp³-hybridized carbons (Fsp3) is 0.524. The predicted octanol–water partition coefficient (Wildman–Crippen LogP) is 3.56. The maximum Gasteiger partial charge on any atom is 0.322 e. The van der Waals surface area contributed by atoms with Gasteiger partial charge >= 0.3 is 5.97 Å². The predicted molar refractivity (Wildman–Crippen MR) is 107 cm³/mol. The van der Waals surface area contributed by atoms with Crippen LogP contribution in [0.25, 0.3) is 0 Å². The van der Waals surface area contributed by atoms with Crippen molar-refractivity contribution in [2.24, 2.45) is 5.92 Å². The molecule has 1 heterocycles. The summed E-state index contributed by atoms with van der Waals surface area (Å²) < 4.78 is 4.95. The van der Waals surface area contributed by atoms with Gasteiger partial charge in [0.25, 0.3) is 5.91 Å². The summed E-state index contributed by atoms with van der Waals surface area (Å²) in [5, 5.41) is 4.05. The molecule has 1 aliphatic rings. The first-order valence-corrected chi connectivity index (χ1v) is 9.69. The van der Waals surface area contributed by atoms with Gasteiger partial charge in [0.2, 0.25) is 0 Å². The average molecular weight is 393 g/mol. The second-order valence-corrected chi connectivity index (χ2v) is 7.89. The highest BCUT2D eigenvalue weighted by molar-refractivity contribution is 6.30. The molecule has 0 unspecified atom stereocenters. The second-order valence-electron chi connectivity index (χ2n) is 7.46. The van der Waals surface area contributed by atoms with Crippen LogP contribution in [0.1, 0.15) is 39.7 Å². The van der Waals surface area contributed by atoms with Crippen molar-refractivity contribution in [1.82, 2.24) is 10.2 Å². The number of esters is 1. The van der Waals surface area contributed by atoms with Crippen molar-refractivity contribution in [1.29, 1.82) is 0 Å². The molecular formula is C21H29ClN2O3. The average Bonchev–Trinajstić information content (AvgIpc) is 2.83. The molecule has 2 atom stereocenters. The summed E-state index contributed by atoms with van der Waals surface area (Å²) in [4.78, 5) is 26.7. The first-order valence-electron chi connectivity index (χ1n) is 9.31. The summed E-state index contributed by atoms with van der Waals surface area (Å²) in [5.74, 6) is 0.0323. The van der Waals surface area contributed by atoms with E-state index in [2.05, 4.69) is 19.2 Å². The molecule has 1 aromatic carbocycles. The molecule has 6 heteroatoms. The molecule has 1 amide bonds. The van der Waals surface area contributed by atoms with Crippen molar-refractivity contribution in [3.8, 4) is 0 Å². The van der Waals surface area contributed by atoms with Gasteiger partial charge in [-0.1, -0.05) is 37.6 Å². The Morgan fingerprint density at radius 2 is 1.89 bits per heavy atom. The van der Waals surface area contributed by atoms with Gasteiger partial charge in [0.15, 0.2) is 0 Å². The van der Waals surface area contributed by atoms with Crippen LogP contribution in [0, 0.1) is 5.92 Å². The highest BCUT2D eigenvalue weighted by Gasteiger charge is 2.37. The Morgan fingerprint density at radius 1 is 1.26 bits per heavy atom.